The Bertz CT molecular complexity index is 858. The van der Waals surface area contributed by atoms with Crippen molar-refractivity contribution in [1.82, 2.24) is 19.5 Å². The van der Waals surface area contributed by atoms with Crippen LogP contribution in [0, 0.1) is 6.92 Å². The van der Waals surface area contributed by atoms with Gasteiger partial charge >= 0.3 is 0 Å². The number of aromatic nitrogens is 3. The van der Waals surface area contributed by atoms with Gasteiger partial charge in [0.15, 0.2) is 0 Å². The van der Waals surface area contributed by atoms with Crippen molar-refractivity contribution in [2.75, 3.05) is 13.6 Å². The van der Waals surface area contributed by atoms with Gasteiger partial charge in [0.25, 0.3) is 5.56 Å². The molecule has 0 saturated heterocycles. The van der Waals surface area contributed by atoms with Gasteiger partial charge in [-0.1, -0.05) is 41.7 Å². The third-order valence-electron chi connectivity index (χ3n) is 3.74. The number of hydrogen-bond acceptors (Lipinski definition) is 6. The topological polar surface area (TPSA) is 76.5 Å². The molecule has 3 aromatic rings. The molecule has 0 radical (unpaired) electrons. The van der Waals surface area contributed by atoms with E-state index in [1.54, 1.807) is 0 Å². The lowest BCUT2D eigenvalue weighted by Crippen LogP contribution is -2.30. The number of rotatable bonds is 5. The van der Waals surface area contributed by atoms with Gasteiger partial charge in [0.1, 0.15) is 5.01 Å². The van der Waals surface area contributed by atoms with E-state index in [4.69, 9.17) is 5.73 Å². The molecule has 2 heterocycles. The van der Waals surface area contributed by atoms with E-state index in [2.05, 4.69) is 27.1 Å². The molecule has 0 saturated carbocycles. The normalized spacial score (nSPS) is 12.9. The summed E-state index contributed by atoms with van der Waals surface area (Å²) in [5.41, 5.74) is 7.69. The minimum atomic E-state index is -0.143. The average molecular weight is 329 g/mol. The highest BCUT2D eigenvalue weighted by Gasteiger charge is 2.17. The van der Waals surface area contributed by atoms with Crippen LogP contribution >= 0.6 is 11.3 Å². The molecule has 0 amide bonds. The molecule has 6 nitrogen and oxygen atoms in total. The molecule has 2 N–H and O–H groups in total. The van der Waals surface area contributed by atoms with Crippen molar-refractivity contribution < 1.29 is 0 Å². The van der Waals surface area contributed by atoms with Crippen LogP contribution in [0.4, 0.5) is 0 Å². The lowest BCUT2D eigenvalue weighted by molar-refractivity contribution is 0.240. The molecule has 1 atom stereocenters. The molecule has 0 aliphatic heterocycles. The van der Waals surface area contributed by atoms with Crippen LogP contribution in [0.1, 0.15) is 22.3 Å². The van der Waals surface area contributed by atoms with E-state index in [-0.39, 0.29) is 11.6 Å². The van der Waals surface area contributed by atoms with Gasteiger partial charge in [-0.05, 0) is 19.5 Å². The summed E-state index contributed by atoms with van der Waals surface area (Å²) in [5.74, 6) is 0. The van der Waals surface area contributed by atoms with Crippen LogP contribution in [-0.2, 0) is 6.54 Å². The third kappa shape index (κ3) is 3.31. The Kier molecular flexibility index (Phi) is 4.51. The summed E-state index contributed by atoms with van der Waals surface area (Å²) in [6, 6.07) is 11.8. The molecule has 2 aromatic heterocycles. The largest absolute Gasteiger partial charge is 0.329 e. The van der Waals surface area contributed by atoms with Crippen LogP contribution in [-0.4, -0.2) is 33.1 Å². The molecule has 0 fully saturated rings. The van der Waals surface area contributed by atoms with E-state index < -0.39 is 0 Å². The molecule has 0 aliphatic rings. The molecule has 120 valence electrons. The molecule has 23 heavy (non-hydrogen) atoms. The van der Waals surface area contributed by atoms with E-state index in [1.165, 1.54) is 27.5 Å². The van der Waals surface area contributed by atoms with Crippen molar-refractivity contribution >= 4 is 16.3 Å². The number of benzene rings is 1. The number of aryl methyl sites for hydroxylation is 1. The minimum Gasteiger partial charge on any atom is -0.329 e. The molecule has 1 unspecified atom stereocenters. The molecule has 7 heteroatoms. The van der Waals surface area contributed by atoms with Gasteiger partial charge in [-0.2, -0.15) is 9.61 Å². The fourth-order valence-electron chi connectivity index (χ4n) is 2.59. The zero-order valence-corrected chi connectivity index (χ0v) is 14.0. The summed E-state index contributed by atoms with van der Waals surface area (Å²) in [5, 5.41) is 5.23. The summed E-state index contributed by atoms with van der Waals surface area (Å²) in [6.45, 7) is 2.94. The van der Waals surface area contributed by atoms with E-state index in [0.29, 0.717) is 23.7 Å². The van der Waals surface area contributed by atoms with Crippen LogP contribution in [0.2, 0.25) is 0 Å². The predicted octanol–water partition coefficient (Wildman–Crippen LogP) is 1.59. The number of hydrogen-bond donors (Lipinski definition) is 1. The Morgan fingerprint density at radius 2 is 2.09 bits per heavy atom. The van der Waals surface area contributed by atoms with E-state index in [9.17, 15) is 4.79 Å². The Morgan fingerprint density at radius 1 is 1.35 bits per heavy atom. The van der Waals surface area contributed by atoms with Gasteiger partial charge in [0.2, 0.25) is 4.96 Å². The Balaban J connectivity index is 1.86. The summed E-state index contributed by atoms with van der Waals surface area (Å²) >= 11 is 1.44. The van der Waals surface area contributed by atoms with Gasteiger partial charge in [0.05, 0.1) is 6.54 Å². The highest BCUT2D eigenvalue weighted by atomic mass is 32.1. The average Bonchev–Trinajstić information content (AvgIpc) is 2.91. The van der Waals surface area contributed by atoms with E-state index >= 15 is 0 Å². The summed E-state index contributed by atoms with van der Waals surface area (Å²) in [6.07, 6.45) is 0. The molecule has 0 aliphatic carbocycles. The smallest absolute Gasteiger partial charge is 0.275 e. The molecular formula is C16H19N5OS. The van der Waals surface area contributed by atoms with Crippen LogP contribution in [0.25, 0.3) is 4.96 Å². The Morgan fingerprint density at radius 3 is 2.78 bits per heavy atom. The summed E-state index contributed by atoms with van der Waals surface area (Å²) in [4.78, 5) is 19.1. The minimum absolute atomic E-state index is 0.106. The Labute approximate surface area is 138 Å². The van der Waals surface area contributed by atoms with Crippen LogP contribution < -0.4 is 11.3 Å². The highest BCUT2D eigenvalue weighted by molar-refractivity contribution is 7.16. The number of likely N-dealkylation sites (N-methyl/N-ethyl adjacent to an activating group) is 1. The molecule has 0 spiro atoms. The lowest BCUT2D eigenvalue weighted by atomic mass is 10.1. The van der Waals surface area contributed by atoms with Gasteiger partial charge < -0.3 is 5.73 Å². The highest BCUT2D eigenvalue weighted by Crippen LogP contribution is 2.21. The van der Waals surface area contributed by atoms with Crippen LogP contribution in [0.15, 0.2) is 41.2 Å². The standard InChI is InChI=1S/C16H19N5OS/c1-11-8-15(22)21-16(18-11)23-14(19-21)10-20(2)13(9-17)12-6-4-3-5-7-12/h3-8,13H,9-10,17H2,1-2H3. The van der Waals surface area contributed by atoms with Gasteiger partial charge in [-0.3, -0.25) is 9.69 Å². The van der Waals surface area contributed by atoms with E-state index in [0.717, 1.165) is 5.01 Å². The maximum Gasteiger partial charge on any atom is 0.275 e. The predicted molar refractivity (Wildman–Crippen MR) is 91.6 cm³/mol. The fraction of sp³-hybridized carbons (Fsp3) is 0.312. The van der Waals surface area contributed by atoms with Crippen molar-refractivity contribution in [2.45, 2.75) is 19.5 Å². The molecule has 1 aromatic carbocycles. The second-order valence-corrected chi connectivity index (χ2v) is 6.54. The van der Waals surface area contributed by atoms with Crippen molar-refractivity contribution in [3.63, 3.8) is 0 Å². The SMILES string of the molecule is Cc1cc(=O)n2nc(CN(C)C(CN)c3ccccc3)sc2n1. The summed E-state index contributed by atoms with van der Waals surface area (Å²) < 4.78 is 1.36. The first-order valence-electron chi connectivity index (χ1n) is 7.40. The van der Waals surface area contributed by atoms with Gasteiger partial charge in [0, 0.05) is 24.3 Å². The second kappa shape index (κ2) is 6.57. The monoisotopic (exact) mass is 329 g/mol. The molecule has 0 bridgehead atoms. The quantitative estimate of drug-likeness (QED) is 0.769. The van der Waals surface area contributed by atoms with Crippen LogP contribution in [0.5, 0.6) is 0 Å². The van der Waals surface area contributed by atoms with Crippen LogP contribution in [0.3, 0.4) is 0 Å². The first-order chi connectivity index (χ1) is 11.1. The van der Waals surface area contributed by atoms with Gasteiger partial charge in [-0.25, -0.2) is 4.98 Å². The maximum atomic E-state index is 11.9. The fourth-order valence-corrected chi connectivity index (χ4v) is 3.60. The van der Waals surface area contributed by atoms with E-state index in [1.807, 2.05) is 32.2 Å². The Hall–Kier alpha value is -2.09. The number of nitrogens with two attached hydrogens (primary N) is 1. The maximum absolute atomic E-state index is 11.9. The first-order valence-corrected chi connectivity index (χ1v) is 8.22. The van der Waals surface area contributed by atoms with Gasteiger partial charge in [-0.15, -0.1) is 0 Å². The third-order valence-corrected chi connectivity index (χ3v) is 4.63. The van der Waals surface area contributed by atoms with Crippen molar-refractivity contribution in [3.05, 3.63) is 63.0 Å². The van der Waals surface area contributed by atoms with Crippen molar-refractivity contribution in [2.24, 2.45) is 5.73 Å². The zero-order valence-electron chi connectivity index (χ0n) is 13.1. The zero-order chi connectivity index (χ0) is 16.4. The number of nitrogens with zero attached hydrogens (tertiary/aromatic N) is 4. The lowest BCUT2D eigenvalue weighted by Gasteiger charge is -2.26. The molecular weight excluding hydrogens is 310 g/mol. The number of fused-ring (bicyclic) bond motifs is 1. The molecule has 3 rings (SSSR count). The van der Waals surface area contributed by atoms with Crippen molar-refractivity contribution in [1.29, 1.82) is 0 Å². The van der Waals surface area contributed by atoms with Crippen molar-refractivity contribution in [3.8, 4) is 0 Å². The first kappa shape index (κ1) is 15.8. The summed E-state index contributed by atoms with van der Waals surface area (Å²) in [7, 11) is 2.01. The second-order valence-electron chi connectivity index (χ2n) is 5.50.